The van der Waals surface area contributed by atoms with E-state index in [4.69, 9.17) is 0 Å². The lowest BCUT2D eigenvalue weighted by molar-refractivity contribution is -0.142. The van der Waals surface area contributed by atoms with Crippen molar-refractivity contribution in [2.45, 2.75) is 31.3 Å². The van der Waals surface area contributed by atoms with E-state index in [2.05, 4.69) is 10.6 Å². The summed E-state index contributed by atoms with van der Waals surface area (Å²) in [6.45, 7) is 0. The fraction of sp³-hybridized carbons (Fsp3) is 0.400. The Bertz CT molecular complexity index is 515. The van der Waals surface area contributed by atoms with Crippen molar-refractivity contribution in [2.24, 2.45) is 0 Å². The van der Waals surface area contributed by atoms with Gasteiger partial charge in [0, 0.05) is 12.8 Å². The van der Waals surface area contributed by atoms with Crippen molar-refractivity contribution < 1.29 is 24.6 Å². The average Bonchev–Trinajstić information content (AvgIpc) is 2.49. The molecule has 0 aliphatic heterocycles. The third-order valence-electron chi connectivity index (χ3n) is 3.23. The van der Waals surface area contributed by atoms with Crippen molar-refractivity contribution in [1.29, 1.82) is 0 Å². The van der Waals surface area contributed by atoms with Gasteiger partial charge < -0.3 is 25.6 Å². The molecule has 1 aromatic carbocycles. The number of amides is 1. The van der Waals surface area contributed by atoms with Crippen LogP contribution >= 0.6 is 0 Å². The normalized spacial score (nSPS) is 13.1. The Morgan fingerprint density at radius 3 is 2.36 bits per heavy atom. The number of aliphatic carboxylic acids is 1. The van der Waals surface area contributed by atoms with E-state index >= 15 is 0 Å². The molecular weight excluding hydrogens is 288 g/mol. The van der Waals surface area contributed by atoms with E-state index in [1.54, 1.807) is 19.2 Å². The molecule has 0 spiro atoms. The van der Waals surface area contributed by atoms with Gasteiger partial charge in [0.25, 0.3) is 0 Å². The van der Waals surface area contributed by atoms with E-state index < -0.39 is 24.0 Å². The summed E-state index contributed by atoms with van der Waals surface area (Å²) in [4.78, 5) is 33.7. The summed E-state index contributed by atoms with van der Waals surface area (Å²) in [7, 11) is 1.57. The number of aromatic hydroxyl groups is 1. The first-order valence-electron chi connectivity index (χ1n) is 6.90. The first kappa shape index (κ1) is 17.6. The lowest BCUT2D eigenvalue weighted by Gasteiger charge is -2.19. The third kappa shape index (κ3) is 5.53. The number of rotatable bonds is 9. The standard InChI is InChI=1S/C15H20N2O5/c1-16-12(3-2-8-18)14(20)17-13(15(21)22)9-10-4-6-11(19)7-5-10/h4-8,12-13,16,19H,2-3,9H2,1H3,(H,17,20)(H,21,22). The SMILES string of the molecule is CNC(CCC=O)C(=O)NC(Cc1ccc(O)cc1)C(=O)O. The topological polar surface area (TPSA) is 116 Å². The lowest BCUT2D eigenvalue weighted by Crippen LogP contribution is -2.50. The predicted molar refractivity (Wildman–Crippen MR) is 79.5 cm³/mol. The van der Waals surface area contributed by atoms with Gasteiger partial charge in [0.15, 0.2) is 0 Å². The van der Waals surface area contributed by atoms with E-state index in [1.807, 2.05) is 0 Å². The second kappa shape index (κ2) is 8.78. The van der Waals surface area contributed by atoms with E-state index in [0.717, 1.165) is 0 Å². The summed E-state index contributed by atoms with van der Waals surface area (Å²) < 4.78 is 0. The van der Waals surface area contributed by atoms with Crippen LogP contribution in [0.3, 0.4) is 0 Å². The van der Waals surface area contributed by atoms with Crippen LogP contribution < -0.4 is 10.6 Å². The maximum Gasteiger partial charge on any atom is 0.326 e. The highest BCUT2D eigenvalue weighted by Gasteiger charge is 2.24. The van der Waals surface area contributed by atoms with E-state index in [0.29, 0.717) is 18.3 Å². The molecule has 1 amide bonds. The molecule has 0 aromatic heterocycles. The predicted octanol–water partition coefficient (Wildman–Crippen LogP) is 0.0712. The molecule has 0 saturated heterocycles. The van der Waals surface area contributed by atoms with Crippen LogP contribution in [0.15, 0.2) is 24.3 Å². The highest BCUT2D eigenvalue weighted by molar-refractivity contribution is 5.87. The molecule has 0 heterocycles. The molecule has 7 heteroatoms. The summed E-state index contributed by atoms with van der Waals surface area (Å²) >= 11 is 0. The van der Waals surface area contributed by atoms with Crippen LogP contribution in [-0.2, 0) is 20.8 Å². The minimum atomic E-state index is -1.15. The van der Waals surface area contributed by atoms with E-state index in [9.17, 15) is 24.6 Å². The summed E-state index contributed by atoms with van der Waals surface area (Å²) in [6, 6.07) is 4.40. The highest BCUT2D eigenvalue weighted by atomic mass is 16.4. The Morgan fingerprint density at radius 2 is 1.86 bits per heavy atom. The Kier molecular flexibility index (Phi) is 7.04. The van der Waals surface area contributed by atoms with Crippen molar-refractivity contribution >= 4 is 18.2 Å². The minimum absolute atomic E-state index is 0.0868. The number of carbonyl (C=O) groups excluding carboxylic acids is 2. The molecule has 0 bridgehead atoms. The number of carbonyl (C=O) groups is 3. The van der Waals surface area contributed by atoms with Crippen LogP contribution in [-0.4, -0.2) is 47.5 Å². The smallest absolute Gasteiger partial charge is 0.326 e. The number of phenols is 1. The van der Waals surface area contributed by atoms with E-state index in [1.165, 1.54) is 12.1 Å². The van der Waals surface area contributed by atoms with Gasteiger partial charge in [-0.2, -0.15) is 0 Å². The van der Waals surface area contributed by atoms with E-state index in [-0.39, 0.29) is 18.6 Å². The largest absolute Gasteiger partial charge is 0.508 e. The van der Waals surface area contributed by atoms with Gasteiger partial charge in [-0.15, -0.1) is 0 Å². The van der Waals surface area contributed by atoms with Gasteiger partial charge in [0.1, 0.15) is 18.1 Å². The number of aldehydes is 1. The van der Waals surface area contributed by atoms with Crippen LogP contribution in [0.1, 0.15) is 18.4 Å². The molecule has 0 aliphatic carbocycles. The summed E-state index contributed by atoms with van der Waals surface area (Å²) in [6.07, 6.45) is 1.33. The zero-order valence-corrected chi connectivity index (χ0v) is 12.3. The number of benzene rings is 1. The number of phenolic OH excluding ortho intramolecular Hbond substituents is 1. The molecule has 1 rings (SSSR count). The Labute approximate surface area is 128 Å². The molecular formula is C15H20N2O5. The Balaban J connectivity index is 2.70. The van der Waals surface area contributed by atoms with Gasteiger partial charge >= 0.3 is 5.97 Å². The maximum atomic E-state index is 12.0. The monoisotopic (exact) mass is 308 g/mol. The van der Waals surface area contributed by atoms with Gasteiger partial charge in [-0.05, 0) is 31.2 Å². The van der Waals surface area contributed by atoms with Gasteiger partial charge in [0.05, 0.1) is 6.04 Å². The second-order valence-corrected chi connectivity index (χ2v) is 4.86. The molecule has 2 unspecified atom stereocenters. The maximum absolute atomic E-state index is 12.0. The van der Waals surface area contributed by atoms with Crippen LogP contribution in [0.2, 0.25) is 0 Å². The molecule has 4 N–H and O–H groups in total. The fourth-order valence-electron chi connectivity index (χ4n) is 1.98. The van der Waals surface area contributed by atoms with Gasteiger partial charge in [-0.1, -0.05) is 12.1 Å². The lowest BCUT2D eigenvalue weighted by atomic mass is 10.0. The van der Waals surface area contributed by atoms with Crippen molar-refractivity contribution in [3.8, 4) is 5.75 Å². The van der Waals surface area contributed by atoms with Gasteiger partial charge in [-0.25, -0.2) is 4.79 Å². The third-order valence-corrected chi connectivity index (χ3v) is 3.23. The quantitative estimate of drug-likeness (QED) is 0.480. The van der Waals surface area contributed by atoms with Crippen LogP contribution in [0.5, 0.6) is 5.75 Å². The first-order chi connectivity index (χ1) is 10.5. The number of hydrogen-bond donors (Lipinski definition) is 4. The number of carboxylic acid groups (broad SMARTS) is 1. The molecule has 0 aliphatic rings. The zero-order valence-electron chi connectivity index (χ0n) is 12.3. The Hall–Kier alpha value is -2.41. The summed E-state index contributed by atoms with van der Waals surface area (Å²) in [5.74, 6) is -1.52. The molecule has 2 atom stereocenters. The van der Waals surface area contributed by atoms with Crippen molar-refractivity contribution in [3.05, 3.63) is 29.8 Å². The molecule has 22 heavy (non-hydrogen) atoms. The van der Waals surface area contributed by atoms with Crippen LogP contribution in [0, 0.1) is 0 Å². The number of nitrogens with one attached hydrogen (secondary N) is 2. The van der Waals surface area contributed by atoms with Crippen molar-refractivity contribution in [3.63, 3.8) is 0 Å². The van der Waals surface area contributed by atoms with Crippen LogP contribution in [0.25, 0.3) is 0 Å². The summed E-state index contributed by atoms with van der Waals surface area (Å²) in [5.41, 5.74) is 0.680. The Morgan fingerprint density at radius 1 is 1.23 bits per heavy atom. The fourth-order valence-corrected chi connectivity index (χ4v) is 1.98. The molecule has 0 saturated carbocycles. The molecule has 1 aromatic rings. The molecule has 120 valence electrons. The van der Waals surface area contributed by atoms with Crippen molar-refractivity contribution in [1.82, 2.24) is 10.6 Å². The number of likely N-dealkylation sites (N-methyl/N-ethyl adjacent to an activating group) is 1. The van der Waals surface area contributed by atoms with Crippen LogP contribution in [0.4, 0.5) is 0 Å². The summed E-state index contributed by atoms with van der Waals surface area (Å²) in [5, 5.41) is 23.7. The molecule has 0 radical (unpaired) electrons. The molecule has 7 nitrogen and oxygen atoms in total. The number of hydrogen-bond acceptors (Lipinski definition) is 5. The van der Waals surface area contributed by atoms with Crippen molar-refractivity contribution in [2.75, 3.05) is 7.05 Å². The highest BCUT2D eigenvalue weighted by Crippen LogP contribution is 2.11. The van der Waals surface area contributed by atoms with Gasteiger partial charge in [-0.3, -0.25) is 4.79 Å². The van der Waals surface area contributed by atoms with Gasteiger partial charge in [0.2, 0.25) is 5.91 Å². The average molecular weight is 308 g/mol. The molecule has 0 fully saturated rings. The minimum Gasteiger partial charge on any atom is -0.508 e. The number of carboxylic acids is 1. The first-order valence-corrected chi connectivity index (χ1v) is 6.90. The zero-order chi connectivity index (χ0) is 16.5. The second-order valence-electron chi connectivity index (χ2n) is 4.86.